The van der Waals surface area contributed by atoms with Gasteiger partial charge in [-0.3, -0.25) is 4.98 Å². The molecule has 1 aromatic heterocycles. The van der Waals surface area contributed by atoms with Crippen LogP contribution in [0, 0.1) is 0 Å². The van der Waals surface area contributed by atoms with E-state index in [1.54, 1.807) is 12.4 Å². The fourth-order valence-corrected chi connectivity index (χ4v) is 1.83. The van der Waals surface area contributed by atoms with Crippen LogP contribution in [0.3, 0.4) is 0 Å². The van der Waals surface area contributed by atoms with Gasteiger partial charge in [-0.1, -0.05) is 12.8 Å². The molecule has 1 aromatic rings. The van der Waals surface area contributed by atoms with E-state index in [0.717, 1.165) is 11.4 Å². The van der Waals surface area contributed by atoms with Crippen LogP contribution < -0.4 is 11.1 Å². The van der Waals surface area contributed by atoms with Gasteiger partial charge in [0.15, 0.2) is 0 Å². The second-order valence-electron chi connectivity index (χ2n) is 3.59. The summed E-state index contributed by atoms with van der Waals surface area (Å²) in [5, 5.41) is 3.44. The molecule has 0 saturated heterocycles. The van der Waals surface area contributed by atoms with E-state index < -0.39 is 0 Å². The second kappa shape index (κ2) is 3.64. The van der Waals surface area contributed by atoms with Gasteiger partial charge < -0.3 is 11.1 Å². The Morgan fingerprint density at radius 1 is 1.38 bits per heavy atom. The van der Waals surface area contributed by atoms with Crippen molar-refractivity contribution in [2.45, 2.75) is 31.7 Å². The monoisotopic (exact) mass is 177 g/mol. The molecule has 0 amide bonds. The minimum absolute atomic E-state index is 0.615. The molecule has 1 aliphatic carbocycles. The van der Waals surface area contributed by atoms with Crippen LogP contribution in [0.4, 0.5) is 11.4 Å². The Hall–Kier alpha value is -1.25. The lowest BCUT2D eigenvalue weighted by Crippen LogP contribution is -2.15. The fourth-order valence-electron chi connectivity index (χ4n) is 1.83. The number of nitrogens with zero attached hydrogens (tertiary/aromatic N) is 1. The van der Waals surface area contributed by atoms with Gasteiger partial charge in [-0.25, -0.2) is 0 Å². The number of nitrogens with two attached hydrogens (primary N) is 1. The Kier molecular flexibility index (Phi) is 2.34. The number of hydrogen-bond acceptors (Lipinski definition) is 3. The van der Waals surface area contributed by atoms with E-state index in [1.165, 1.54) is 25.7 Å². The summed E-state index contributed by atoms with van der Waals surface area (Å²) in [6.45, 7) is 0. The SMILES string of the molecule is Nc1cnccc1NC1CCCC1. The molecule has 0 atom stereocenters. The Morgan fingerprint density at radius 3 is 2.85 bits per heavy atom. The molecule has 2 rings (SSSR count). The van der Waals surface area contributed by atoms with E-state index in [0.29, 0.717) is 6.04 Å². The summed E-state index contributed by atoms with van der Waals surface area (Å²) in [5.41, 5.74) is 7.55. The van der Waals surface area contributed by atoms with Crippen molar-refractivity contribution in [3.63, 3.8) is 0 Å². The van der Waals surface area contributed by atoms with E-state index in [1.807, 2.05) is 6.07 Å². The quantitative estimate of drug-likeness (QED) is 0.726. The predicted molar refractivity (Wildman–Crippen MR) is 54.5 cm³/mol. The van der Waals surface area contributed by atoms with Crippen molar-refractivity contribution in [1.29, 1.82) is 0 Å². The summed E-state index contributed by atoms with van der Waals surface area (Å²) in [6, 6.07) is 2.55. The van der Waals surface area contributed by atoms with E-state index in [-0.39, 0.29) is 0 Å². The molecule has 0 radical (unpaired) electrons. The molecule has 1 heterocycles. The molecule has 1 saturated carbocycles. The van der Waals surface area contributed by atoms with Gasteiger partial charge in [0.2, 0.25) is 0 Å². The van der Waals surface area contributed by atoms with Crippen molar-refractivity contribution in [1.82, 2.24) is 4.98 Å². The molecule has 0 spiro atoms. The van der Waals surface area contributed by atoms with E-state index >= 15 is 0 Å². The van der Waals surface area contributed by atoms with Crippen molar-refractivity contribution in [3.05, 3.63) is 18.5 Å². The predicted octanol–water partition coefficient (Wildman–Crippen LogP) is 2.02. The van der Waals surface area contributed by atoms with Gasteiger partial charge in [-0.05, 0) is 18.9 Å². The van der Waals surface area contributed by atoms with Crippen molar-refractivity contribution in [3.8, 4) is 0 Å². The highest BCUT2D eigenvalue weighted by Gasteiger charge is 2.14. The molecule has 0 unspecified atom stereocenters. The average Bonchev–Trinajstić information content (AvgIpc) is 2.61. The van der Waals surface area contributed by atoms with Gasteiger partial charge in [0.1, 0.15) is 0 Å². The molecular weight excluding hydrogens is 162 g/mol. The Morgan fingerprint density at radius 2 is 2.15 bits per heavy atom. The standard InChI is InChI=1S/C10H15N3/c11-9-7-12-6-5-10(9)13-8-3-1-2-4-8/h5-8H,1-4,11H2,(H,12,13). The molecule has 3 N–H and O–H groups in total. The van der Waals surface area contributed by atoms with Crippen molar-refractivity contribution in [2.24, 2.45) is 0 Å². The number of aromatic nitrogens is 1. The molecule has 3 nitrogen and oxygen atoms in total. The summed E-state index contributed by atoms with van der Waals surface area (Å²) < 4.78 is 0. The Labute approximate surface area is 78.4 Å². The molecule has 1 fully saturated rings. The third-order valence-electron chi connectivity index (χ3n) is 2.57. The van der Waals surface area contributed by atoms with Gasteiger partial charge in [-0.2, -0.15) is 0 Å². The van der Waals surface area contributed by atoms with Crippen LogP contribution >= 0.6 is 0 Å². The molecule has 0 aromatic carbocycles. The number of nitrogen functional groups attached to an aromatic ring is 1. The lowest BCUT2D eigenvalue weighted by Gasteiger charge is -2.14. The van der Waals surface area contributed by atoms with Crippen LogP contribution in [-0.4, -0.2) is 11.0 Å². The molecule has 0 bridgehead atoms. The molecular formula is C10H15N3. The van der Waals surface area contributed by atoms with Crippen LogP contribution in [0.25, 0.3) is 0 Å². The molecule has 0 aliphatic heterocycles. The first-order valence-corrected chi connectivity index (χ1v) is 4.82. The fraction of sp³-hybridized carbons (Fsp3) is 0.500. The third kappa shape index (κ3) is 1.91. The first kappa shape index (κ1) is 8.35. The zero-order valence-electron chi connectivity index (χ0n) is 7.66. The summed E-state index contributed by atoms with van der Waals surface area (Å²) in [7, 11) is 0. The maximum absolute atomic E-state index is 5.77. The van der Waals surface area contributed by atoms with Crippen LogP contribution in [-0.2, 0) is 0 Å². The number of pyridine rings is 1. The molecule has 1 aliphatic rings. The van der Waals surface area contributed by atoms with Crippen LogP contribution in [0.5, 0.6) is 0 Å². The highest BCUT2D eigenvalue weighted by molar-refractivity contribution is 5.64. The number of rotatable bonds is 2. The minimum atomic E-state index is 0.615. The first-order chi connectivity index (χ1) is 6.36. The first-order valence-electron chi connectivity index (χ1n) is 4.82. The van der Waals surface area contributed by atoms with Gasteiger partial charge >= 0.3 is 0 Å². The van der Waals surface area contributed by atoms with E-state index in [2.05, 4.69) is 10.3 Å². The van der Waals surface area contributed by atoms with Gasteiger partial charge in [0.25, 0.3) is 0 Å². The zero-order chi connectivity index (χ0) is 9.10. The zero-order valence-corrected chi connectivity index (χ0v) is 7.66. The number of hydrogen-bond donors (Lipinski definition) is 2. The second-order valence-corrected chi connectivity index (χ2v) is 3.59. The minimum Gasteiger partial charge on any atom is -0.396 e. The van der Waals surface area contributed by atoms with E-state index in [4.69, 9.17) is 5.73 Å². The highest BCUT2D eigenvalue weighted by atomic mass is 14.9. The average molecular weight is 177 g/mol. The van der Waals surface area contributed by atoms with Crippen LogP contribution in [0.2, 0.25) is 0 Å². The Bertz CT molecular complexity index is 279. The third-order valence-corrected chi connectivity index (χ3v) is 2.57. The summed E-state index contributed by atoms with van der Waals surface area (Å²) >= 11 is 0. The van der Waals surface area contributed by atoms with Crippen molar-refractivity contribution >= 4 is 11.4 Å². The molecule has 70 valence electrons. The molecule has 3 heteroatoms. The number of nitrogens with one attached hydrogen (secondary N) is 1. The highest BCUT2D eigenvalue weighted by Crippen LogP contribution is 2.24. The van der Waals surface area contributed by atoms with Gasteiger partial charge in [0, 0.05) is 12.2 Å². The summed E-state index contributed by atoms with van der Waals surface area (Å²) in [4.78, 5) is 3.95. The normalized spacial score (nSPS) is 17.5. The van der Waals surface area contributed by atoms with Gasteiger partial charge in [0.05, 0.1) is 17.6 Å². The molecule has 13 heavy (non-hydrogen) atoms. The van der Waals surface area contributed by atoms with Crippen molar-refractivity contribution in [2.75, 3.05) is 11.1 Å². The lowest BCUT2D eigenvalue weighted by molar-refractivity contribution is 0.756. The van der Waals surface area contributed by atoms with Crippen LogP contribution in [0.1, 0.15) is 25.7 Å². The maximum Gasteiger partial charge on any atom is 0.0736 e. The van der Waals surface area contributed by atoms with Crippen molar-refractivity contribution < 1.29 is 0 Å². The summed E-state index contributed by atoms with van der Waals surface area (Å²) in [6.07, 6.45) is 8.67. The summed E-state index contributed by atoms with van der Waals surface area (Å²) in [5.74, 6) is 0. The number of anilines is 2. The van der Waals surface area contributed by atoms with Crippen LogP contribution in [0.15, 0.2) is 18.5 Å². The topological polar surface area (TPSA) is 50.9 Å². The largest absolute Gasteiger partial charge is 0.396 e. The van der Waals surface area contributed by atoms with E-state index in [9.17, 15) is 0 Å². The smallest absolute Gasteiger partial charge is 0.0736 e. The lowest BCUT2D eigenvalue weighted by atomic mass is 10.2. The maximum atomic E-state index is 5.77. The Balaban J connectivity index is 2.04. The van der Waals surface area contributed by atoms with Gasteiger partial charge in [-0.15, -0.1) is 0 Å².